The smallest absolute Gasteiger partial charge is 0.0922 e. The minimum Gasteiger partial charge on any atom is -0.395 e. The maximum absolute atomic E-state index is 9.08. The third kappa shape index (κ3) is 4.49. The molecule has 98 valence electrons. The minimum absolute atomic E-state index is 0. The monoisotopic (exact) mass is 267 g/mol. The van der Waals surface area contributed by atoms with Crippen molar-refractivity contribution in [1.29, 1.82) is 0 Å². The molecule has 2 rings (SSSR count). The van der Waals surface area contributed by atoms with Gasteiger partial charge in [-0.3, -0.25) is 4.90 Å². The summed E-state index contributed by atoms with van der Waals surface area (Å²) in [6, 6.07) is 10.3. The van der Waals surface area contributed by atoms with Crippen LogP contribution in [0.3, 0.4) is 0 Å². The number of aromatic nitrogens is 2. The molecule has 1 aromatic heterocycles. The molecular weight excluding hydrogens is 250 g/mol. The van der Waals surface area contributed by atoms with Crippen LogP contribution >= 0.6 is 12.4 Å². The molecule has 0 aliphatic heterocycles. The van der Waals surface area contributed by atoms with Crippen molar-refractivity contribution in [3.05, 3.63) is 54.1 Å². The number of H-pyrrole nitrogens is 1. The molecule has 0 saturated carbocycles. The van der Waals surface area contributed by atoms with Crippen molar-refractivity contribution in [1.82, 2.24) is 14.9 Å². The van der Waals surface area contributed by atoms with Gasteiger partial charge in [0.25, 0.3) is 0 Å². The fourth-order valence-corrected chi connectivity index (χ4v) is 1.81. The molecule has 1 heterocycles. The van der Waals surface area contributed by atoms with Crippen LogP contribution in [-0.2, 0) is 13.1 Å². The van der Waals surface area contributed by atoms with E-state index < -0.39 is 0 Å². The molecule has 4 nitrogen and oxygen atoms in total. The molecule has 18 heavy (non-hydrogen) atoms. The maximum atomic E-state index is 9.08. The Hall–Kier alpha value is -1.36. The molecule has 0 saturated heterocycles. The van der Waals surface area contributed by atoms with Crippen LogP contribution < -0.4 is 0 Å². The molecule has 2 aromatic rings. The Morgan fingerprint density at radius 2 is 1.94 bits per heavy atom. The van der Waals surface area contributed by atoms with Gasteiger partial charge in [-0.25, -0.2) is 4.98 Å². The zero-order valence-electron chi connectivity index (χ0n) is 10.1. The van der Waals surface area contributed by atoms with Gasteiger partial charge in [0.15, 0.2) is 0 Å². The number of hydrogen-bond acceptors (Lipinski definition) is 3. The van der Waals surface area contributed by atoms with Gasteiger partial charge in [0.2, 0.25) is 0 Å². The van der Waals surface area contributed by atoms with Crippen LogP contribution in [-0.4, -0.2) is 33.1 Å². The average Bonchev–Trinajstić information content (AvgIpc) is 2.83. The molecule has 0 amide bonds. The summed E-state index contributed by atoms with van der Waals surface area (Å²) in [4.78, 5) is 9.26. The summed E-state index contributed by atoms with van der Waals surface area (Å²) in [6.45, 7) is 2.44. The van der Waals surface area contributed by atoms with Gasteiger partial charge in [0.1, 0.15) is 0 Å². The summed E-state index contributed by atoms with van der Waals surface area (Å²) in [6.07, 6.45) is 3.49. The van der Waals surface area contributed by atoms with Gasteiger partial charge in [-0.2, -0.15) is 0 Å². The van der Waals surface area contributed by atoms with Gasteiger partial charge < -0.3 is 10.1 Å². The summed E-state index contributed by atoms with van der Waals surface area (Å²) in [5, 5.41) is 9.08. The summed E-state index contributed by atoms with van der Waals surface area (Å²) in [7, 11) is 0. The van der Waals surface area contributed by atoms with Gasteiger partial charge in [-0.05, 0) is 5.56 Å². The van der Waals surface area contributed by atoms with E-state index in [4.69, 9.17) is 5.11 Å². The molecule has 2 N–H and O–H groups in total. The third-order valence-electron chi connectivity index (χ3n) is 2.61. The van der Waals surface area contributed by atoms with Gasteiger partial charge >= 0.3 is 0 Å². The van der Waals surface area contributed by atoms with E-state index in [-0.39, 0.29) is 19.0 Å². The highest BCUT2D eigenvalue weighted by molar-refractivity contribution is 5.85. The lowest BCUT2D eigenvalue weighted by atomic mass is 10.2. The van der Waals surface area contributed by atoms with Gasteiger partial charge in [0.05, 0.1) is 12.9 Å². The van der Waals surface area contributed by atoms with E-state index in [1.807, 2.05) is 24.4 Å². The number of nitrogens with one attached hydrogen (secondary N) is 1. The van der Waals surface area contributed by atoms with Crippen LogP contribution in [0.25, 0.3) is 0 Å². The number of nitrogens with zero attached hydrogens (tertiary/aromatic N) is 2. The zero-order valence-corrected chi connectivity index (χ0v) is 10.9. The van der Waals surface area contributed by atoms with E-state index in [1.165, 1.54) is 5.56 Å². The summed E-state index contributed by atoms with van der Waals surface area (Å²) in [5.74, 6) is 0. The Morgan fingerprint density at radius 3 is 2.56 bits per heavy atom. The van der Waals surface area contributed by atoms with Crippen molar-refractivity contribution >= 4 is 12.4 Å². The lowest BCUT2D eigenvalue weighted by Crippen LogP contribution is -2.26. The summed E-state index contributed by atoms with van der Waals surface area (Å²) < 4.78 is 0. The van der Waals surface area contributed by atoms with Crippen LogP contribution in [0.15, 0.2) is 42.9 Å². The second-order valence-electron chi connectivity index (χ2n) is 4.00. The number of aromatic amines is 1. The summed E-state index contributed by atoms with van der Waals surface area (Å²) >= 11 is 0. The molecule has 0 aliphatic rings. The van der Waals surface area contributed by atoms with Crippen LogP contribution in [0.1, 0.15) is 11.3 Å². The van der Waals surface area contributed by atoms with Gasteiger partial charge in [-0.15, -0.1) is 12.4 Å². The molecule has 0 aliphatic carbocycles. The Morgan fingerprint density at radius 1 is 1.17 bits per heavy atom. The van der Waals surface area contributed by atoms with Gasteiger partial charge in [-0.1, -0.05) is 30.3 Å². The van der Waals surface area contributed by atoms with Crippen molar-refractivity contribution in [3.8, 4) is 0 Å². The fourth-order valence-electron chi connectivity index (χ4n) is 1.81. The van der Waals surface area contributed by atoms with Crippen molar-refractivity contribution in [2.24, 2.45) is 0 Å². The molecule has 0 spiro atoms. The molecule has 0 radical (unpaired) electrons. The molecule has 0 bridgehead atoms. The normalized spacial score (nSPS) is 10.3. The Labute approximate surface area is 113 Å². The highest BCUT2D eigenvalue weighted by Gasteiger charge is 2.06. The Balaban J connectivity index is 0.00000162. The topological polar surface area (TPSA) is 52.1 Å². The van der Waals surface area contributed by atoms with E-state index in [9.17, 15) is 0 Å². The fraction of sp³-hybridized carbons (Fsp3) is 0.308. The second kappa shape index (κ2) is 7.87. The predicted octanol–water partition coefficient (Wildman–Crippen LogP) is 1.83. The highest BCUT2D eigenvalue weighted by atomic mass is 35.5. The number of imidazole rings is 1. The van der Waals surface area contributed by atoms with E-state index in [2.05, 4.69) is 27.0 Å². The number of aliphatic hydroxyl groups is 1. The average molecular weight is 268 g/mol. The number of aliphatic hydroxyl groups excluding tert-OH is 1. The van der Waals surface area contributed by atoms with Crippen molar-refractivity contribution in [2.75, 3.05) is 13.2 Å². The lowest BCUT2D eigenvalue weighted by molar-refractivity contribution is 0.183. The van der Waals surface area contributed by atoms with Crippen LogP contribution in [0.5, 0.6) is 0 Å². The maximum Gasteiger partial charge on any atom is 0.0922 e. The first-order valence-electron chi connectivity index (χ1n) is 5.73. The van der Waals surface area contributed by atoms with Crippen molar-refractivity contribution in [3.63, 3.8) is 0 Å². The first-order valence-corrected chi connectivity index (χ1v) is 5.73. The predicted molar refractivity (Wildman–Crippen MR) is 73.5 cm³/mol. The standard InChI is InChI=1S/C13H17N3O.ClH/c17-7-6-16(10-13-8-14-11-15-13)9-12-4-2-1-3-5-12;/h1-5,8,11,17H,6-7,9-10H2,(H,14,15);1H. The third-order valence-corrected chi connectivity index (χ3v) is 2.61. The second-order valence-corrected chi connectivity index (χ2v) is 4.00. The number of hydrogen-bond donors (Lipinski definition) is 2. The van der Waals surface area contributed by atoms with E-state index in [1.54, 1.807) is 6.33 Å². The zero-order chi connectivity index (χ0) is 11.9. The number of halogens is 1. The minimum atomic E-state index is 0. The van der Waals surface area contributed by atoms with Crippen molar-refractivity contribution in [2.45, 2.75) is 13.1 Å². The van der Waals surface area contributed by atoms with Crippen LogP contribution in [0.4, 0.5) is 0 Å². The Kier molecular flexibility index (Phi) is 6.43. The van der Waals surface area contributed by atoms with Crippen molar-refractivity contribution < 1.29 is 5.11 Å². The largest absolute Gasteiger partial charge is 0.395 e. The quantitative estimate of drug-likeness (QED) is 0.840. The first kappa shape index (κ1) is 14.7. The van der Waals surface area contributed by atoms with Crippen LogP contribution in [0.2, 0.25) is 0 Å². The first-order chi connectivity index (χ1) is 8.38. The molecule has 5 heteroatoms. The Bertz CT molecular complexity index is 419. The summed E-state index contributed by atoms with van der Waals surface area (Å²) in [5.41, 5.74) is 2.31. The van der Waals surface area contributed by atoms with E-state index >= 15 is 0 Å². The molecule has 0 atom stereocenters. The molecule has 0 fully saturated rings. The number of rotatable bonds is 6. The SMILES string of the molecule is Cl.OCCN(Cc1ccccc1)Cc1cnc[nH]1. The van der Waals surface area contributed by atoms with E-state index in [0.29, 0.717) is 6.54 Å². The highest BCUT2D eigenvalue weighted by Crippen LogP contribution is 2.07. The lowest BCUT2D eigenvalue weighted by Gasteiger charge is -2.20. The van der Waals surface area contributed by atoms with Gasteiger partial charge in [0, 0.05) is 31.5 Å². The van der Waals surface area contributed by atoms with Crippen LogP contribution in [0, 0.1) is 0 Å². The van der Waals surface area contributed by atoms with E-state index in [0.717, 1.165) is 18.8 Å². The number of benzene rings is 1. The molecular formula is C13H18ClN3O. The molecule has 1 aromatic carbocycles. The molecule has 0 unspecified atom stereocenters.